The first-order valence-electron chi connectivity index (χ1n) is 3.80. The summed E-state index contributed by atoms with van der Waals surface area (Å²) in [7, 11) is 0. The third kappa shape index (κ3) is 1.84. The van der Waals surface area contributed by atoms with Gasteiger partial charge in [0.15, 0.2) is 0 Å². The van der Waals surface area contributed by atoms with Crippen LogP contribution in [0.5, 0.6) is 0 Å². The van der Waals surface area contributed by atoms with Gasteiger partial charge >= 0.3 is 0 Å². The van der Waals surface area contributed by atoms with Crippen LogP contribution in [0.2, 0.25) is 5.15 Å². The van der Waals surface area contributed by atoms with E-state index in [4.69, 9.17) is 11.6 Å². The minimum absolute atomic E-state index is 0.475. The molecule has 1 radical (unpaired) electrons. The SMILES string of the molecule is Clc1cc(-c2c[c]ccn2)ccn1. The Hall–Kier alpha value is -1.41. The molecule has 2 heterocycles. The first-order valence-corrected chi connectivity index (χ1v) is 4.18. The van der Waals surface area contributed by atoms with Gasteiger partial charge in [-0.1, -0.05) is 11.6 Å². The number of aromatic nitrogens is 2. The molecule has 0 saturated carbocycles. The molecular formula is C10H6ClN2. The lowest BCUT2D eigenvalue weighted by Crippen LogP contribution is -1.82. The summed E-state index contributed by atoms with van der Waals surface area (Å²) in [6, 6.07) is 10.2. The Morgan fingerprint density at radius 2 is 2.15 bits per heavy atom. The fourth-order valence-corrected chi connectivity index (χ4v) is 1.22. The van der Waals surface area contributed by atoms with E-state index < -0.39 is 0 Å². The molecule has 2 aromatic heterocycles. The van der Waals surface area contributed by atoms with E-state index in [1.807, 2.05) is 12.1 Å². The molecule has 2 nitrogen and oxygen atoms in total. The Morgan fingerprint density at radius 3 is 2.85 bits per heavy atom. The molecule has 63 valence electrons. The maximum absolute atomic E-state index is 5.75. The van der Waals surface area contributed by atoms with Crippen LogP contribution in [-0.4, -0.2) is 9.97 Å². The van der Waals surface area contributed by atoms with Crippen molar-refractivity contribution in [2.45, 2.75) is 0 Å². The maximum atomic E-state index is 5.75. The van der Waals surface area contributed by atoms with Crippen LogP contribution >= 0.6 is 11.6 Å². The van der Waals surface area contributed by atoms with E-state index in [2.05, 4.69) is 16.0 Å². The predicted octanol–water partition coefficient (Wildman–Crippen LogP) is 2.60. The molecule has 0 amide bonds. The lowest BCUT2D eigenvalue weighted by molar-refractivity contribution is 1.29. The van der Waals surface area contributed by atoms with Gasteiger partial charge in [0, 0.05) is 18.0 Å². The molecule has 0 bridgehead atoms. The van der Waals surface area contributed by atoms with Crippen LogP contribution in [-0.2, 0) is 0 Å². The Morgan fingerprint density at radius 1 is 1.23 bits per heavy atom. The molecule has 3 heteroatoms. The Labute approximate surface area is 81.2 Å². The normalized spacial score (nSPS) is 9.92. The molecule has 0 aromatic carbocycles. The summed E-state index contributed by atoms with van der Waals surface area (Å²) < 4.78 is 0. The van der Waals surface area contributed by atoms with E-state index >= 15 is 0 Å². The van der Waals surface area contributed by atoms with Gasteiger partial charge in [0.2, 0.25) is 0 Å². The molecule has 0 fully saturated rings. The zero-order valence-electron chi connectivity index (χ0n) is 6.74. The quantitative estimate of drug-likeness (QED) is 0.645. The maximum Gasteiger partial charge on any atom is 0.129 e. The molecule has 0 spiro atoms. The predicted molar refractivity (Wildman–Crippen MR) is 51.3 cm³/mol. The van der Waals surface area contributed by atoms with E-state index in [1.54, 1.807) is 24.5 Å². The fraction of sp³-hybridized carbons (Fsp3) is 0. The summed E-state index contributed by atoms with van der Waals surface area (Å²) in [5, 5.41) is 0.475. The second-order valence-corrected chi connectivity index (χ2v) is 2.90. The van der Waals surface area contributed by atoms with E-state index in [9.17, 15) is 0 Å². The second-order valence-electron chi connectivity index (χ2n) is 2.51. The van der Waals surface area contributed by atoms with Crippen LogP contribution < -0.4 is 0 Å². The average molecular weight is 190 g/mol. The van der Waals surface area contributed by atoms with E-state index in [-0.39, 0.29) is 0 Å². The summed E-state index contributed by atoms with van der Waals surface area (Å²) in [5.41, 5.74) is 1.81. The van der Waals surface area contributed by atoms with Crippen LogP contribution in [0.4, 0.5) is 0 Å². The van der Waals surface area contributed by atoms with Crippen molar-refractivity contribution in [3.63, 3.8) is 0 Å². The van der Waals surface area contributed by atoms with E-state index in [0.29, 0.717) is 5.15 Å². The minimum atomic E-state index is 0.475. The molecule has 0 aliphatic rings. The van der Waals surface area contributed by atoms with Gasteiger partial charge in [0.05, 0.1) is 5.69 Å². The number of rotatable bonds is 1. The third-order valence-corrected chi connectivity index (χ3v) is 1.83. The molecule has 0 N–H and O–H groups in total. The standard InChI is InChI=1S/C10H6ClN2/c11-10-7-8(4-6-13-10)9-3-1-2-5-12-9/h2-7H. The number of nitrogens with zero attached hydrogens (tertiary/aromatic N) is 2. The van der Waals surface area contributed by atoms with E-state index in [1.165, 1.54) is 0 Å². The largest absolute Gasteiger partial charge is 0.256 e. The number of hydrogen-bond donors (Lipinski definition) is 0. The molecular weight excluding hydrogens is 184 g/mol. The van der Waals surface area contributed by atoms with Crippen LogP contribution in [0.1, 0.15) is 0 Å². The second kappa shape index (κ2) is 3.54. The van der Waals surface area contributed by atoms with E-state index in [0.717, 1.165) is 11.3 Å². The molecule has 0 aliphatic heterocycles. The molecule has 2 rings (SSSR count). The summed E-state index contributed by atoms with van der Waals surface area (Å²) in [4.78, 5) is 8.07. The highest BCUT2D eigenvalue weighted by Gasteiger charge is 1.98. The van der Waals surface area contributed by atoms with Crippen molar-refractivity contribution in [2.75, 3.05) is 0 Å². The summed E-state index contributed by atoms with van der Waals surface area (Å²) >= 11 is 5.75. The highest BCUT2D eigenvalue weighted by Crippen LogP contribution is 2.17. The lowest BCUT2D eigenvalue weighted by atomic mass is 10.2. The minimum Gasteiger partial charge on any atom is -0.256 e. The van der Waals surface area contributed by atoms with Crippen molar-refractivity contribution in [1.82, 2.24) is 9.97 Å². The average Bonchev–Trinajstić information content (AvgIpc) is 2.19. The monoisotopic (exact) mass is 189 g/mol. The van der Waals surface area contributed by atoms with Crippen LogP contribution in [0, 0.1) is 6.07 Å². The van der Waals surface area contributed by atoms with Gasteiger partial charge < -0.3 is 0 Å². The van der Waals surface area contributed by atoms with Crippen LogP contribution in [0.25, 0.3) is 11.3 Å². The van der Waals surface area contributed by atoms with Crippen molar-refractivity contribution < 1.29 is 0 Å². The van der Waals surface area contributed by atoms with Gasteiger partial charge in [0.1, 0.15) is 5.15 Å². The highest BCUT2D eigenvalue weighted by molar-refractivity contribution is 6.29. The van der Waals surface area contributed by atoms with Crippen LogP contribution in [0.15, 0.2) is 36.7 Å². The van der Waals surface area contributed by atoms with Crippen LogP contribution in [0.3, 0.4) is 0 Å². The Bertz CT molecular complexity index is 401. The first kappa shape index (κ1) is 8.20. The lowest BCUT2D eigenvalue weighted by Gasteiger charge is -1.98. The molecule has 2 aromatic rings. The van der Waals surface area contributed by atoms with Crippen molar-refractivity contribution in [1.29, 1.82) is 0 Å². The van der Waals surface area contributed by atoms with Gasteiger partial charge in [-0.25, -0.2) is 4.98 Å². The highest BCUT2D eigenvalue weighted by atomic mass is 35.5. The number of pyridine rings is 2. The van der Waals surface area contributed by atoms with Crippen molar-refractivity contribution in [2.24, 2.45) is 0 Å². The molecule has 0 atom stereocenters. The number of hydrogen-bond acceptors (Lipinski definition) is 2. The number of halogens is 1. The molecule has 0 unspecified atom stereocenters. The van der Waals surface area contributed by atoms with Gasteiger partial charge in [0.25, 0.3) is 0 Å². The summed E-state index contributed by atoms with van der Waals surface area (Å²) in [6.07, 6.45) is 3.36. The summed E-state index contributed by atoms with van der Waals surface area (Å²) in [5.74, 6) is 0. The van der Waals surface area contributed by atoms with Gasteiger partial charge in [-0.05, 0) is 30.3 Å². The molecule has 0 aliphatic carbocycles. The topological polar surface area (TPSA) is 25.8 Å². The van der Waals surface area contributed by atoms with Gasteiger partial charge in [-0.15, -0.1) is 0 Å². The van der Waals surface area contributed by atoms with Crippen molar-refractivity contribution in [3.8, 4) is 11.3 Å². The zero-order chi connectivity index (χ0) is 9.10. The van der Waals surface area contributed by atoms with Gasteiger partial charge in [-0.3, -0.25) is 4.98 Å². The molecule has 13 heavy (non-hydrogen) atoms. The summed E-state index contributed by atoms with van der Waals surface area (Å²) in [6.45, 7) is 0. The smallest absolute Gasteiger partial charge is 0.129 e. The Balaban J connectivity index is 2.48. The Kier molecular flexibility index (Phi) is 2.23. The molecule has 0 saturated heterocycles. The fourth-order valence-electron chi connectivity index (χ4n) is 1.04. The first-order chi connectivity index (χ1) is 6.36. The zero-order valence-corrected chi connectivity index (χ0v) is 7.49. The van der Waals surface area contributed by atoms with Gasteiger partial charge in [-0.2, -0.15) is 0 Å². The third-order valence-electron chi connectivity index (χ3n) is 1.63. The van der Waals surface area contributed by atoms with Crippen molar-refractivity contribution in [3.05, 3.63) is 47.9 Å². The van der Waals surface area contributed by atoms with Crippen molar-refractivity contribution >= 4 is 11.6 Å².